The summed E-state index contributed by atoms with van der Waals surface area (Å²) in [6, 6.07) is 13.0. The van der Waals surface area contributed by atoms with E-state index < -0.39 is 34.9 Å². The molecule has 1 unspecified atom stereocenters. The molecule has 0 radical (unpaired) electrons. The van der Waals surface area contributed by atoms with E-state index in [1.807, 2.05) is 6.92 Å². The van der Waals surface area contributed by atoms with Crippen LogP contribution in [0.2, 0.25) is 0 Å². The normalized spacial score (nSPS) is 16.3. The van der Waals surface area contributed by atoms with Gasteiger partial charge in [-0.25, -0.2) is 13.6 Å². The monoisotopic (exact) mass is 537 g/mol. The van der Waals surface area contributed by atoms with Crippen molar-refractivity contribution in [3.8, 4) is 16.9 Å². The molecule has 3 aromatic carbocycles. The Morgan fingerprint density at radius 2 is 1.82 bits per heavy atom. The Morgan fingerprint density at radius 1 is 1.05 bits per heavy atom. The van der Waals surface area contributed by atoms with Gasteiger partial charge < -0.3 is 25.0 Å². The Bertz CT molecular complexity index is 1550. The van der Waals surface area contributed by atoms with Gasteiger partial charge >= 0.3 is 11.9 Å². The minimum atomic E-state index is -1.32. The number of hydrogen-bond donors (Lipinski definition) is 4. The molecule has 1 aliphatic rings. The first-order valence-corrected chi connectivity index (χ1v) is 12.6. The lowest BCUT2D eigenvalue weighted by Gasteiger charge is -2.35. The number of carboxylic acid groups (broad SMARTS) is 2. The molecule has 7 nitrogen and oxygen atoms in total. The van der Waals surface area contributed by atoms with E-state index in [2.05, 4.69) is 30.1 Å². The molecule has 0 fully saturated rings. The average molecular weight is 538 g/mol. The summed E-state index contributed by atoms with van der Waals surface area (Å²) >= 11 is 0. The Kier molecular flexibility index (Phi) is 8.01. The van der Waals surface area contributed by atoms with Crippen molar-refractivity contribution in [1.82, 2.24) is 4.98 Å². The van der Waals surface area contributed by atoms with Crippen LogP contribution in [0.3, 0.4) is 0 Å². The van der Waals surface area contributed by atoms with Gasteiger partial charge in [0.15, 0.2) is 0 Å². The number of benzene rings is 3. The number of aromatic carboxylic acids is 1. The molecular weight excluding hydrogens is 508 g/mol. The number of H-pyrrole nitrogens is 1. The van der Waals surface area contributed by atoms with Crippen molar-refractivity contribution < 1.29 is 38.4 Å². The Labute approximate surface area is 223 Å². The fourth-order valence-electron chi connectivity index (χ4n) is 5.08. The number of ether oxygens (including phenoxy) is 1. The molecule has 0 aliphatic carbocycles. The van der Waals surface area contributed by atoms with E-state index in [4.69, 9.17) is 9.84 Å². The third-order valence-corrected chi connectivity index (χ3v) is 7.07. The number of fused-ring (bicyclic) bond motifs is 3. The fraction of sp³-hybridized carbons (Fsp3) is 0.267. The molecule has 0 spiro atoms. The van der Waals surface area contributed by atoms with Gasteiger partial charge in [-0.2, -0.15) is 0 Å². The van der Waals surface area contributed by atoms with Crippen LogP contribution in [0, 0.1) is 11.6 Å². The van der Waals surface area contributed by atoms with Gasteiger partial charge in [0.2, 0.25) is 0 Å². The highest BCUT2D eigenvalue weighted by Crippen LogP contribution is 2.42. The van der Waals surface area contributed by atoms with Crippen molar-refractivity contribution in [2.45, 2.75) is 45.1 Å². The smallest absolute Gasteiger partial charge is 0.339 e. The second-order valence-corrected chi connectivity index (χ2v) is 9.35. The molecule has 0 bridgehead atoms. The molecule has 4 N–H and O–H groups in total. The second-order valence-electron chi connectivity index (χ2n) is 9.35. The molecule has 9 heteroatoms. The zero-order valence-corrected chi connectivity index (χ0v) is 21.6. The summed E-state index contributed by atoms with van der Waals surface area (Å²) in [4.78, 5) is 25.6. The average Bonchev–Trinajstić information content (AvgIpc) is 3.29. The first-order chi connectivity index (χ1) is 18.6. The predicted molar refractivity (Wildman–Crippen MR) is 142 cm³/mol. The maximum Gasteiger partial charge on any atom is 0.339 e. The molecule has 1 atom stereocenters. The number of carboxylic acids is 2. The van der Waals surface area contributed by atoms with E-state index >= 15 is 0 Å². The van der Waals surface area contributed by atoms with Crippen LogP contribution in [0.4, 0.5) is 8.78 Å². The number of rotatable bonds is 6. The Hall–Kier alpha value is -4.24. The minimum absolute atomic E-state index is 0.00474. The molecule has 4 aromatic rings. The highest BCUT2D eigenvalue weighted by atomic mass is 19.1. The molecule has 2 heterocycles. The zero-order valence-electron chi connectivity index (χ0n) is 21.6. The van der Waals surface area contributed by atoms with Gasteiger partial charge in [0, 0.05) is 22.5 Å². The lowest BCUT2D eigenvalue weighted by atomic mass is 9.86. The highest BCUT2D eigenvalue weighted by molar-refractivity contribution is 5.92. The summed E-state index contributed by atoms with van der Waals surface area (Å²) in [7, 11) is 0. The maximum atomic E-state index is 13.5. The summed E-state index contributed by atoms with van der Waals surface area (Å²) in [5.41, 5.74) is 3.87. The number of nitrogens with one attached hydrogen (secondary N) is 1. The standard InChI is InChI=1S/C17H21NO3.C13H8F2O3/c1-3-11-6-5-7-12-13-8-9-21-17(4-2,10-14(19)20)16(13)18-15(11)12;14-8-2-3-9(11(15)6-8)7-1-4-12(16)10(5-7)13(17)18/h5-7,18H,3-4,8-10H2,1-2H3,(H,19,20);1-6,16H,(H,17,18). The maximum absolute atomic E-state index is 13.5. The zero-order chi connectivity index (χ0) is 28.3. The fourth-order valence-corrected chi connectivity index (χ4v) is 5.08. The topological polar surface area (TPSA) is 120 Å². The van der Waals surface area contributed by atoms with Crippen LogP contribution in [-0.2, 0) is 28.0 Å². The first kappa shape index (κ1) is 27.8. The van der Waals surface area contributed by atoms with Gasteiger partial charge in [-0.15, -0.1) is 0 Å². The number of carbonyl (C=O) groups is 2. The van der Waals surface area contributed by atoms with E-state index in [9.17, 15) is 28.6 Å². The van der Waals surface area contributed by atoms with Crippen LogP contribution in [0.5, 0.6) is 5.75 Å². The second kappa shape index (κ2) is 11.2. The van der Waals surface area contributed by atoms with Gasteiger partial charge in [-0.3, -0.25) is 4.79 Å². The number of aromatic hydroxyl groups is 1. The van der Waals surface area contributed by atoms with Crippen LogP contribution >= 0.6 is 0 Å². The van der Waals surface area contributed by atoms with Crippen LogP contribution in [-0.4, -0.2) is 38.8 Å². The van der Waals surface area contributed by atoms with E-state index in [1.54, 1.807) is 0 Å². The van der Waals surface area contributed by atoms with Crippen molar-refractivity contribution in [2.75, 3.05) is 6.61 Å². The number of hydrogen-bond acceptors (Lipinski definition) is 4. The summed E-state index contributed by atoms with van der Waals surface area (Å²) in [5.74, 6) is -4.06. The van der Waals surface area contributed by atoms with Crippen LogP contribution in [0.25, 0.3) is 22.0 Å². The quantitative estimate of drug-likeness (QED) is 0.225. The van der Waals surface area contributed by atoms with E-state index in [-0.39, 0.29) is 23.1 Å². The number of aromatic amines is 1. The van der Waals surface area contributed by atoms with E-state index in [0.717, 1.165) is 42.3 Å². The lowest BCUT2D eigenvalue weighted by Crippen LogP contribution is -2.37. The number of aliphatic carboxylic acids is 1. The van der Waals surface area contributed by atoms with Crippen LogP contribution in [0.1, 0.15) is 53.9 Å². The summed E-state index contributed by atoms with van der Waals surface area (Å²) in [6.45, 7) is 4.71. The van der Waals surface area contributed by atoms with E-state index in [0.29, 0.717) is 19.1 Å². The minimum Gasteiger partial charge on any atom is -0.507 e. The molecular formula is C30H29F2NO6. The SMILES string of the molecule is CCc1cccc2c3c([nH]c12)C(CC)(CC(=O)O)OCC3.O=C(O)c1cc(-c2ccc(F)cc2F)ccc1O. The van der Waals surface area contributed by atoms with Gasteiger partial charge in [-0.05, 0) is 60.2 Å². The van der Waals surface area contributed by atoms with E-state index in [1.165, 1.54) is 28.6 Å². The Morgan fingerprint density at radius 3 is 2.46 bits per heavy atom. The third kappa shape index (κ3) is 5.49. The lowest BCUT2D eigenvalue weighted by molar-refractivity contribution is -0.148. The Balaban J connectivity index is 0.000000183. The summed E-state index contributed by atoms with van der Waals surface area (Å²) in [5, 5.41) is 28.7. The molecule has 1 aliphatic heterocycles. The molecule has 0 saturated carbocycles. The van der Waals surface area contributed by atoms with Gasteiger partial charge in [0.1, 0.15) is 28.5 Å². The molecule has 0 amide bonds. The van der Waals surface area contributed by atoms with Gasteiger partial charge in [-0.1, -0.05) is 38.1 Å². The van der Waals surface area contributed by atoms with Crippen LogP contribution < -0.4 is 0 Å². The van der Waals surface area contributed by atoms with Crippen LogP contribution in [0.15, 0.2) is 54.6 Å². The van der Waals surface area contributed by atoms with Crippen molar-refractivity contribution >= 4 is 22.8 Å². The number of aryl methyl sites for hydroxylation is 1. The first-order valence-electron chi connectivity index (χ1n) is 12.6. The van der Waals surface area contributed by atoms with Gasteiger partial charge in [0.25, 0.3) is 0 Å². The molecule has 0 saturated heterocycles. The van der Waals surface area contributed by atoms with Crippen molar-refractivity contribution in [3.63, 3.8) is 0 Å². The largest absolute Gasteiger partial charge is 0.507 e. The number of aromatic nitrogens is 1. The predicted octanol–water partition coefficient (Wildman–Crippen LogP) is 6.42. The summed E-state index contributed by atoms with van der Waals surface area (Å²) in [6.07, 6.45) is 2.45. The molecule has 5 rings (SSSR count). The number of para-hydroxylation sites is 1. The third-order valence-electron chi connectivity index (χ3n) is 7.07. The van der Waals surface area contributed by atoms with Crippen molar-refractivity contribution in [3.05, 3.63) is 88.6 Å². The molecule has 204 valence electrons. The number of halogens is 2. The van der Waals surface area contributed by atoms with Crippen molar-refractivity contribution in [1.29, 1.82) is 0 Å². The molecule has 39 heavy (non-hydrogen) atoms. The van der Waals surface area contributed by atoms with Gasteiger partial charge in [0.05, 0.1) is 18.7 Å². The summed E-state index contributed by atoms with van der Waals surface area (Å²) < 4.78 is 32.2. The highest BCUT2D eigenvalue weighted by Gasteiger charge is 2.40. The number of phenols is 1. The van der Waals surface area contributed by atoms with Crippen molar-refractivity contribution in [2.24, 2.45) is 0 Å². The molecule has 1 aromatic heterocycles.